The molecule has 1 atom stereocenters. The van der Waals surface area contributed by atoms with E-state index in [-0.39, 0.29) is 6.04 Å². The fraction of sp³-hybridized carbons (Fsp3) is 0.500. The zero-order chi connectivity index (χ0) is 10.8. The van der Waals surface area contributed by atoms with E-state index in [9.17, 15) is 5.11 Å². The second-order valence-electron chi connectivity index (χ2n) is 4.23. The summed E-state index contributed by atoms with van der Waals surface area (Å²) in [5, 5.41) is 9.82. The van der Waals surface area contributed by atoms with Crippen molar-refractivity contribution in [2.24, 2.45) is 5.73 Å². The van der Waals surface area contributed by atoms with Gasteiger partial charge in [-0.2, -0.15) is 0 Å². The third-order valence-electron chi connectivity index (χ3n) is 2.98. The molecule has 0 aliphatic carbocycles. The van der Waals surface area contributed by atoms with E-state index in [1.165, 1.54) is 12.8 Å². The summed E-state index contributed by atoms with van der Waals surface area (Å²) >= 11 is 0. The molecule has 0 spiro atoms. The van der Waals surface area contributed by atoms with E-state index in [0.29, 0.717) is 5.75 Å². The van der Waals surface area contributed by atoms with Crippen molar-refractivity contribution in [2.75, 3.05) is 18.0 Å². The van der Waals surface area contributed by atoms with E-state index in [1.54, 1.807) is 0 Å². The summed E-state index contributed by atoms with van der Waals surface area (Å²) in [6, 6.07) is 5.68. The summed E-state index contributed by atoms with van der Waals surface area (Å²) < 4.78 is 0. The minimum atomic E-state index is -0.113. The molecule has 1 unspecified atom stereocenters. The van der Waals surface area contributed by atoms with Gasteiger partial charge >= 0.3 is 0 Å². The van der Waals surface area contributed by atoms with E-state index < -0.39 is 0 Å². The van der Waals surface area contributed by atoms with E-state index in [2.05, 4.69) is 4.90 Å². The van der Waals surface area contributed by atoms with Crippen LogP contribution in [0.1, 0.15) is 31.4 Å². The Morgan fingerprint density at radius 1 is 1.33 bits per heavy atom. The van der Waals surface area contributed by atoms with Crippen molar-refractivity contribution in [3.05, 3.63) is 23.8 Å². The Bertz CT molecular complexity index is 343. The van der Waals surface area contributed by atoms with Crippen LogP contribution in [0.25, 0.3) is 0 Å². The zero-order valence-corrected chi connectivity index (χ0v) is 9.11. The SMILES string of the molecule is CC(N)c1ccc(N2CCCC2)cc1O. The van der Waals surface area contributed by atoms with Crippen molar-refractivity contribution in [3.8, 4) is 5.75 Å². The molecule has 3 heteroatoms. The summed E-state index contributed by atoms with van der Waals surface area (Å²) in [7, 11) is 0. The minimum Gasteiger partial charge on any atom is -0.508 e. The Hall–Kier alpha value is -1.22. The number of nitrogens with two attached hydrogens (primary N) is 1. The van der Waals surface area contributed by atoms with Gasteiger partial charge in [-0.05, 0) is 25.8 Å². The molecule has 0 amide bonds. The first kappa shape index (κ1) is 10.3. The predicted molar refractivity (Wildman–Crippen MR) is 62.2 cm³/mol. The Labute approximate surface area is 90.5 Å². The number of aromatic hydroxyl groups is 1. The first-order valence-corrected chi connectivity index (χ1v) is 5.52. The highest BCUT2D eigenvalue weighted by Crippen LogP contribution is 2.29. The quantitative estimate of drug-likeness (QED) is 0.778. The van der Waals surface area contributed by atoms with Crippen LogP contribution < -0.4 is 10.6 Å². The number of phenols is 1. The van der Waals surface area contributed by atoms with Crippen molar-refractivity contribution in [1.29, 1.82) is 0 Å². The molecule has 0 aromatic heterocycles. The van der Waals surface area contributed by atoms with E-state index in [4.69, 9.17) is 5.73 Å². The minimum absolute atomic E-state index is 0.113. The number of rotatable bonds is 2. The maximum absolute atomic E-state index is 9.82. The molecule has 1 aromatic carbocycles. The van der Waals surface area contributed by atoms with Crippen LogP contribution in [0.3, 0.4) is 0 Å². The van der Waals surface area contributed by atoms with Crippen LogP contribution in [0.4, 0.5) is 5.69 Å². The first-order chi connectivity index (χ1) is 7.18. The molecule has 82 valence electrons. The highest BCUT2D eigenvalue weighted by atomic mass is 16.3. The van der Waals surface area contributed by atoms with Crippen LogP contribution in [0.15, 0.2) is 18.2 Å². The van der Waals surface area contributed by atoms with Gasteiger partial charge in [0.25, 0.3) is 0 Å². The molecule has 1 fully saturated rings. The average molecular weight is 206 g/mol. The summed E-state index contributed by atoms with van der Waals surface area (Å²) in [4.78, 5) is 2.30. The lowest BCUT2D eigenvalue weighted by Crippen LogP contribution is -2.17. The largest absolute Gasteiger partial charge is 0.508 e. The topological polar surface area (TPSA) is 49.5 Å². The maximum atomic E-state index is 9.82. The molecule has 15 heavy (non-hydrogen) atoms. The Morgan fingerprint density at radius 2 is 2.00 bits per heavy atom. The molecule has 1 saturated heterocycles. The van der Waals surface area contributed by atoms with Gasteiger partial charge in [0, 0.05) is 36.4 Å². The van der Waals surface area contributed by atoms with Gasteiger partial charge in [-0.15, -0.1) is 0 Å². The second kappa shape index (κ2) is 4.11. The number of benzene rings is 1. The number of nitrogens with zero attached hydrogens (tertiary/aromatic N) is 1. The van der Waals surface area contributed by atoms with Crippen molar-refractivity contribution in [3.63, 3.8) is 0 Å². The first-order valence-electron chi connectivity index (χ1n) is 5.52. The lowest BCUT2D eigenvalue weighted by atomic mass is 10.1. The number of hydrogen-bond donors (Lipinski definition) is 2. The Balaban J connectivity index is 2.24. The van der Waals surface area contributed by atoms with Gasteiger partial charge in [0.15, 0.2) is 0 Å². The molecule has 0 saturated carbocycles. The Kier molecular flexibility index (Phi) is 2.82. The third kappa shape index (κ3) is 2.07. The second-order valence-corrected chi connectivity index (χ2v) is 4.23. The van der Waals surface area contributed by atoms with Crippen molar-refractivity contribution in [2.45, 2.75) is 25.8 Å². The maximum Gasteiger partial charge on any atom is 0.122 e. The smallest absolute Gasteiger partial charge is 0.122 e. The van der Waals surface area contributed by atoms with Crippen molar-refractivity contribution < 1.29 is 5.11 Å². The van der Waals surface area contributed by atoms with Gasteiger partial charge < -0.3 is 15.7 Å². The van der Waals surface area contributed by atoms with E-state index in [1.807, 2.05) is 25.1 Å². The van der Waals surface area contributed by atoms with Crippen LogP contribution >= 0.6 is 0 Å². The van der Waals surface area contributed by atoms with Crippen LogP contribution in [0, 0.1) is 0 Å². The molecule has 3 N–H and O–H groups in total. The van der Waals surface area contributed by atoms with Crippen molar-refractivity contribution in [1.82, 2.24) is 0 Å². The summed E-state index contributed by atoms with van der Waals surface area (Å²) in [6.45, 7) is 4.07. The summed E-state index contributed by atoms with van der Waals surface area (Å²) in [6.07, 6.45) is 2.49. The Morgan fingerprint density at radius 3 is 2.53 bits per heavy atom. The predicted octanol–water partition coefficient (Wildman–Crippen LogP) is 2.01. The molecular formula is C12H18N2O. The standard InChI is InChI=1S/C12H18N2O/c1-9(13)11-5-4-10(8-12(11)15)14-6-2-3-7-14/h4-5,8-9,15H,2-3,6-7,13H2,1H3. The highest BCUT2D eigenvalue weighted by molar-refractivity contribution is 5.54. The van der Waals surface area contributed by atoms with Crippen LogP contribution in [-0.2, 0) is 0 Å². The van der Waals surface area contributed by atoms with E-state index in [0.717, 1.165) is 24.3 Å². The molecule has 1 aromatic rings. The molecule has 1 aliphatic rings. The summed E-state index contributed by atoms with van der Waals surface area (Å²) in [5.41, 5.74) is 7.67. The molecule has 3 nitrogen and oxygen atoms in total. The van der Waals surface area contributed by atoms with Crippen LogP contribution in [0.5, 0.6) is 5.75 Å². The number of phenolic OH excluding ortho intramolecular Hbond substituents is 1. The van der Waals surface area contributed by atoms with Gasteiger partial charge in [-0.3, -0.25) is 0 Å². The van der Waals surface area contributed by atoms with Gasteiger partial charge in [0.1, 0.15) is 5.75 Å². The molecule has 1 heterocycles. The van der Waals surface area contributed by atoms with Crippen molar-refractivity contribution >= 4 is 5.69 Å². The van der Waals surface area contributed by atoms with Crippen LogP contribution in [0.2, 0.25) is 0 Å². The third-order valence-corrected chi connectivity index (χ3v) is 2.98. The molecule has 0 radical (unpaired) electrons. The average Bonchev–Trinajstić information content (AvgIpc) is 2.69. The number of hydrogen-bond acceptors (Lipinski definition) is 3. The van der Waals surface area contributed by atoms with Gasteiger partial charge in [0.2, 0.25) is 0 Å². The fourth-order valence-electron chi connectivity index (χ4n) is 2.09. The highest BCUT2D eigenvalue weighted by Gasteiger charge is 2.14. The lowest BCUT2D eigenvalue weighted by Gasteiger charge is -2.19. The number of anilines is 1. The van der Waals surface area contributed by atoms with Gasteiger partial charge in [0.05, 0.1) is 0 Å². The van der Waals surface area contributed by atoms with Gasteiger partial charge in [-0.1, -0.05) is 6.07 Å². The molecule has 0 bridgehead atoms. The summed E-state index contributed by atoms with van der Waals surface area (Å²) in [5.74, 6) is 0.314. The molecule has 1 aliphatic heterocycles. The normalized spacial score (nSPS) is 18.1. The van der Waals surface area contributed by atoms with E-state index >= 15 is 0 Å². The van der Waals surface area contributed by atoms with Crippen LogP contribution in [-0.4, -0.2) is 18.2 Å². The molecular weight excluding hydrogens is 188 g/mol. The van der Waals surface area contributed by atoms with Gasteiger partial charge in [-0.25, -0.2) is 0 Å². The lowest BCUT2D eigenvalue weighted by molar-refractivity contribution is 0.464. The fourth-order valence-corrected chi connectivity index (χ4v) is 2.09. The molecule has 2 rings (SSSR count). The monoisotopic (exact) mass is 206 g/mol. The zero-order valence-electron chi connectivity index (χ0n) is 9.11.